The second-order valence-electron chi connectivity index (χ2n) is 4.13. The molecule has 0 aliphatic carbocycles. The van der Waals surface area contributed by atoms with Crippen LogP contribution in [0.15, 0.2) is 0 Å². The first kappa shape index (κ1) is 14.0. The Kier molecular flexibility index (Phi) is 6.77. The lowest BCUT2D eigenvalue weighted by Crippen LogP contribution is -2.25. The van der Waals surface area contributed by atoms with Crippen molar-refractivity contribution in [2.24, 2.45) is 17.8 Å². The number of hydrogen-bond donors (Lipinski definition) is 0. The summed E-state index contributed by atoms with van der Waals surface area (Å²) < 4.78 is 4.97. The summed E-state index contributed by atoms with van der Waals surface area (Å²) in [4.78, 5) is 11.6. The lowest BCUT2D eigenvalue weighted by atomic mass is 9.85. The first-order valence-electron chi connectivity index (χ1n) is 5.62. The van der Waals surface area contributed by atoms with Crippen LogP contribution in [0.1, 0.15) is 40.5 Å². The predicted octanol–water partition coefficient (Wildman–Crippen LogP) is 2.76. The summed E-state index contributed by atoms with van der Waals surface area (Å²) in [6.45, 7) is 8.21. The van der Waals surface area contributed by atoms with Gasteiger partial charge in [0, 0.05) is 0 Å². The minimum Gasteiger partial charge on any atom is -0.466 e. The molecule has 0 amide bonds. The molecule has 0 aliphatic rings. The number of nitrogens with zero attached hydrogens (tertiary/aromatic N) is 1. The Morgan fingerprint density at radius 1 is 1.40 bits per heavy atom. The van der Waals surface area contributed by atoms with Crippen molar-refractivity contribution in [2.75, 3.05) is 6.61 Å². The van der Waals surface area contributed by atoms with Gasteiger partial charge in [-0.15, -0.1) is 0 Å². The molecule has 3 heteroatoms. The van der Waals surface area contributed by atoms with Crippen molar-refractivity contribution in [3.8, 4) is 6.07 Å². The van der Waals surface area contributed by atoms with Crippen LogP contribution in [0.2, 0.25) is 0 Å². The van der Waals surface area contributed by atoms with E-state index >= 15 is 0 Å². The standard InChI is InChI=1S/C12H21NO2/c1-5-11(12(14)15-6-2)10(8-13)7-9(3)4/h9-11H,5-7H2,1-4H3/t10-,11?/m1/s1. The number of rotatable bonds is 6. The van der Waals surface area contributed by atoms with Gasteiger partial charge >= 0.3 is 5.97 Å². The fraction of sp³-hybridized carbons (Fsp3) is 0.833. The Labute approximate surface area is 92.4 Å². The molecule has 0 heterocycles. The van der Waals surface area contributed by atoms with Crippen molar-refractivity contribution in [3.63, 3.8) is 0 Å². The van der Waals surface area contributed by atoms with Crippen molar-refractivity contribution < 1.29 is 9.53 Å². The molecule has 3 nitrogen and oxygen atoms in total. The SMILES string of the molecule is CCOC(=O)C(CC)[C@@H](C#N)CC(C)C. The van der Waals surface area contributed by atoms with Crippen LogP contribution in [0.25, 0.3) is 0 Å². The van der Waals surface area contributed by atoms with Crippen LogP contribution in [-0.2, 0) is 9.53 Å². The highest BCUT2D eigenvalue weighted by atomic mass is 16.5. The second-order valence-corrected chi connectivity index (χ2v) is 4.13. The monoisotopic (exact) mass is 211 g/mol. The van der Waals surface area contributed by atoms with Gasteiger partial charge in [-0.2, -0.15) is 5.26 Å². The molecule has 0 saturated heterocycles. The first-order chi connectivity index (χ1) is 7.06. The molecule has 0 aromatic rings. The summed E-state index contributed by atoms with van der Waals surface area (Å²) in [5.74, 6) is -0.281. The molecular formula is C12H21NO2. The zero-order valence-corrected chi connectivity index (χ0v) is 10.1. The quantitative estimate of drug-likeness (QED) is 0.635. The molecule has 86 valence electrons. The molecule has 1 unspecified atom stereocenters. The fourth-order valence-electron chi connectivity index (χ4n) is 1.68. The predicted molar refractivity (Wildman–Crippen MR) is 59.0 cm³/mol. The minimum absolute atomic E-state index is 0.214. The molecule has 0 aromatic carbocycles. The molecule has 0 spiro atoms. The molecule has 0 saturated carbocycles. The van der Waals surface area contributed by atoms with Crippen LogP contribution in [0.5, 0.6) is 0 Å². The smallest absolute Gasteiger partial charge is 0.310 e. The Hall–Kier alpha value is -1.04. The summed E-state index contributed by atoms with van der Waals surface area (Å²) in [6, 6.07) is 2.22. The van der Waals surface area contributed by atoms with Gasteiger partial charge in [-0.05, 0) is 25.7 Å². The number of carbonyl (C=O) groups is 1. The van der Waals surface area contributed by atoms with Gasteiger partial charge in [0.15, 0.2) is 0 Å². The van der Waals surface area contributed by atoms with Crippen LogP contribution >= 0.6 is 0 Å². The molecule has 0 fully saturated rings. The average molecular weight is 211 g/mol. The Balaban J connectivity index is 4.47. The van der Waals surface area contributed by atoms with Crippen molar-refractivity contribution in [2.45, 2.75) is 40.5 Å². The van der Waals surface area contributed by atoms with Crippen LogP contribution in [0, 0.1) is 29.1 Å². The molecule has 0 N–H and O–H groups in total. The Morgan fingerprint density at radius 2 is 2.00 bits per heavy atom. The first-order valence-corrected chi connectivity index (χ1v) is 5.62. The molecule has 0 aromatic heterocycles. The summed E-state index contributed by atoms with van der Waals surface area (Å²) in [6.07, 6.45) is 1.43. The normalized spacial score (nSPS) is 14.4. The molecule has 0 bridgehead atoms. The fourth-order valence-corrected chi connectivity index (χ4v) is 1.68. The van der Waals surface area contributed by atoms with Gasteiger partial charge in [-0.25, -0.2) is 0 Å². The highest BCUT2D eigenvalue weighted by Crippen LogP contribution is 2.23. The van der Waals surface area contributed by atoms with Crippen molar-refractivity contribution >= 4 is 5.97 Å². The molecule has 0 aliphatic heterocycles. The van der Waals surface area contributed by atoms with E-state index in [0.29, 0.717) is 18.9 Å². The highest BCUT2D eigenvalue weighted by molar-refractivity contribution is 5.73. The van der Waals surface area contributed by atoms with E-state index in [9.17, 15) is 4.79 Å². The second kappa shape index (κ2) is 7.28. The Bertz CT molecular complexity index is 230. The number of ether oxygens (including phenoxy) is 1. The Morgan fingerprint density at radius 3 is 2.33 bits per heavy atom. The van der Waals surface area contributed by atoms with Gasteiger partial charge in [0.25, 0.3) is 0 Å². The van der Waals surface area contributed by atoms with Gasteiger partial charge in [0.05, 0.1) is 24.5 Å². The van der Waals surface area contributed by atoms with Crippen molar-refractivity contribution in [1.82, 2.24) is 0 Å². The minimum atomic E-state index is -0.266. The third kappa shape index (κ3) is 4.83. The number of hydrogen-bond acceptors (Lipinski definition) is 3. The van der Waals surface area contributed by atoms with E-state index in [4.69, 9.17) is 10.00 Å². The molecular weight excluding hydrogens is 190 g/mol. The van der Waals surface area contributed by atoms with Gasteiger partial charge in [0.1, 0.15) is 0 Å². The van der Waals surface area contributed by atoms with E-state index in [0.717, 1.165) is 6.42 Å². The van der Waals surface area contributed by atoms with E-state index in [1.165, 1.54) is 0 Å². The summed E-state index contributed by atoms with van der Waals surface area (Å²) >= 11 is 0. The van der Waals surface area contributed by atoms with Gasteiger partial charge < -0.3 is 4.74 Å². The summed E-state index contributed by atoms with van der Waals surface area (Å²) in [5.41, 5.74) is 0. The molecule has 0 radical (unpaired) electrons. The van der Waals surface area contributed by atoms with Crippen LogP contribution < -0.4 is 0 Å². The van der Waals surface area contributed by atoms with Crippen molar-refractivity contribution in [1.29, 1.82) is 5.26 Å². The third-order valence-corrected chi connectivity index (χ3v) is 2.41. The maximum absolute atomic E-state index is 11.6. The molecule has 2 atom stereocenters. The van der Waals surface area contributed by atoms with E-state index in [-0.39, 0.29) is 17.8 Å². The maximum atomic E-state index is 11.6. The highest BCUT2D eigenvalue weighted by Gasteiger charge is 2.28. The summed E-state index contributed by atoms with van der Waals surface area (Å²) in [5, 5.41) is 9.04. The van der Waals surface area contributed by atoms with Crippen molar-refractivity contribution in [3.05, 3.63) is 0 Å². The van der Waals surface area contributed by atoms with Gasteiger partial charge in [0.2, 0.25) is 0 Å². The molecule has 0 rings (SSSR count). The average Bonchev–Trinajstić information content (AvgIpc) is 2.17. The number of esters is 1. The lowest BCUT2D eigenvalue weighted by Gasteiger charge is -2.20. The lowest BCUT2D eigenvalue weighted by molar-refractivity contribution is -0.149. The van der Waals surface area contributed by atoms with E-state index in [2.05, 4.69) is 19.9 Å². The topological polar surface area (TPSA) is 50.1 Å². The largest absolute Gasteiger partial charge is 0.466 e. The van der Waals surface area contributed by atoms with Crippen LogP contribution in [-0.4, -0.2) is 12.6 Å². The third-order valence-electron chi connectivity index (χ3n) is 2.41. The number of nitriles is 1. The number of carbonyl (C=O) groups excluding carboxylic acids is 1. The van der Waals surface area contributed by atoms with E-state index in [1.54, 1.807) is 6.92 Å². The maximum Gasteiger partial charge on any atom is 0.310 e. The van der Waals surface area contributed by atoms with E-state index < -0.39 is 0 Å². The molecule has 15 heavy (non-hydrogen) atoms. The van der Waals surface area contributed by atoms with E-state index in [1.807, 2.05) is 6.92 Å². The van der Waals surface area contributed by atoms with Crippen LogP contribution in [0.4, 0.5) is 0 Å². The van der Waals surface area contributed by atoms with Crippen LogP contribution in [0.3, 0.4) is 0 Å². The zero-order chi connectivity index (χ0) is 11.8. The summed E-state index contributed by atoms with van der Waals surface area (Å²) in [7, 11) is 0. The zero-order valence-electron chi connectivity index (χ0n) is 10.1. The van der Waals surface area contributed by atoms with Gasteiger partial charge in [-0.3, -0.25) is 4.79 Å². The van der Waals surface area contributed by atoms with Gasteiger partial charge in [-0.1, -0.05) is 20.8 Å².